The first-order chi connectivity index (χ1) is 31.7. The van der Waals surface area contributed by atoms with E-state index in [1.165, 1.54) is 22.3 Å². The monoisotopic (exact) mass is 819 g/mol. The van der Waals surface area contributed by atoms with E-state index in [2.05, 4.69) is 198 Å². The van der Waals surface area contributed by atoms with Gasteiger partial charge in [-0.3, -0.25) is 0 Å². The van der Waals surface area contributed by atoms with Gasteiger partial charge in [-0.25, -0.2) is 15.0 Å². The first-order valence-electron chi connectivity index (χ1n) is 21.6. The van der Waals surface area contributed by atoms with Crippen LogP contribution in [0.25, 0.3) is 45.3 Å². The first kappa shape index (κ1) is 36.1. The molecule has 0 unspecified atom stereocenters. The molecule has 0 N–H and O–H groups in total. The average Bonchev–Trinajstić information content (AvgIpc) is 3.66. The van der Waals surface area contributed by atoms with Gasteiger partial charge < -0.3 is 14.5 Å². The van der Waals surface area contributed by atoms with Gasteiger partial charge in [-0.15, -0.1) is 0 Å². The van der Waals surface area contributed by atoms with Crippen LogP contribution in [0.5, 0.6) is 11.5 Å². The van der Waals surface area contributed by atoms with Crippen LogP contribution in [0.3, 0.4) is 0 Å². The van der Waals surface area contributed by atoms with Gasteiger partial charge >= 0.3 is 0 Å². The minimum atomic E-state index is -0.549. The lowest BCUT2D eigenvalue weighted by molar-refractivity contribution is 0.436. The third-order valence-corrected chi connectivity index (χ3v) is 12.9. The maximum Gasteiger partial charge on any atom is 0.164 e. The summed E-state index contributed by atoms with van der Waals surface area (Å²) in [4.78, 5) is 20.1. The highest BCUT2D eigenvalue weighted by Gasteiger charge is 2.51. The Hall–Kier alpha value is -8.61. The number of hydrogen-bond donors (Lipinski definition) is 0. The van der Waals surface area contributed by atoms with Crippen LogP contribution in [0.15, 0.2) is 224 Å². The number of rotatable bonds is 5. The summed E-state index contributed by atoms with van der Waals surface area (Å²) >= 11 is 0. The van der Waals surface area contributed by atoms with Crippen LogP contribution in [0.1, 0.15) is 22.3 Å². The molecule has 9 aromatic carbocycles. The summed E-state index contributed by atoms with van der Waals surface area (Å²) in [7, 11) is 0. The number of ether oxygens (including phenoxy) is 1. The fourth-order valence-electron chi connectivity index (χ4n) is 10.2. The van der Waals surface area contributed by atoms with E-state index in [0.717, 1.165) is 73.4 Å². The van der Waals surface area contributed by atoms with Gasteiger partial charge in [0, 0.05) is 39.2 Å². The summed E-state index contributed by atoms with van der Waals surface area (Å²) in [5, 5.41) is 0. The third-order valence-electron chi connectivity index (χ3n) is 12.9. The van der Waals surface area contributed by atoms with Crippen LogP contribution >= 0.6 is 0 Å². The Morgan fingerprint density at radius 3 is 1.30 bits per heavy atom. The molecule has 10 aromatic rings. The molecule has 0 atom stereocenters. The molecule has 2 aliphatic heterocycles. The largest absolute Gasteiger partial charge is 0.457 e. The van der Waals surface area contributed by atoms with Gasteiger partial charge in [0.25, 0.3) is 0 Å². The molecule has 6 heteroatoms. The molecule has 0 fully saturated rings. The minimum Gasteiger partial charge on any atom is -0.457 e. The smallest absolute Gasteiger partial charge is 0.164 e. The maximum absolute atomic E-state index is 6.86. The number of hydrogen-bond acceptors (Lipinski definition) is 6. The molecule has 0 bridgehead atoms. The molecule has 1 aliphatic carbocycles. The fourth-order valence-corrected chi connectivity index (χ4v) is 10.2. The first-order valence-corrected chi connectivity index (χ1v) is 21.6. The molecule has 300 valence electrons. The van der Waals surface area contributed by atoms with E-state index in [-0.39, 0.29) is 0 Å². The summed E-state index contributed by atoms with van der Waals surface area (Å²) in [5.41, 5.74) is 15.9. The number of aromatic nitrogens is 3. The second kappa shape index (κ2) is 14.2. The van der Waals surface area contributed by atoms with Crippen molar-refractivity contribution in [2.24, 2.45) is 0 Å². The predicted octanol–water partition coefficient (Wildman–Crippen LogP) is 14.6. The van der Waals surface area contributed by atoms with Crippen molar-refractivity contribution in [3.63, 3.8) is 0 Å². The van der Waals surface area contributed by atoms with Crippen molar-refractivity contribution in [2.75, 3.05) is 9.80 Å². The number of para-hydroxylation sites is 6. The number of fused-ring (bicyclic) bond motifs is 11. The van der Waals surface area contributed by atoms with Crippen molar-refractivity contribution < 1.29 is 4.74 Å². The standard InChI is InChI=1S/C58H37N5O/c1-3-17-38(18-4-1)55-59-56(39-31-34-42(35-32-39)63-51-28-14-12-26-49(51)62(41-19-5-2-6-20-41)50-27-13-15-29-52(50)63)61-57(60-55)40-33-36-48-54(37-40)64-53-30-16-11-25-47(53)58(48)45-23-9-7-21-43(45)44-22-8-10-24-46(44)58/h1-37H. The Bertz CT molecular complexity index is 3350. The molecule has 6 nitrogen and oxygen atoms in total. The second-order valence-electron chi connectivity index (χ2n) is 16.4. The minimum absolute atomic E-state index is 0.549. The van der Waals surface area contributed by atoms with Crippen molar-refractivity contribution in [2.45, 2.75) is 5.41 Å². The number of benzene rings is 9. The summed E-state index contributed by atoms with van der Waals surface area (Å²) < 4.78 is 6.86. The van der Waals surface area contributed by atoms with Crippen LogP contribution in [-0.2, 0) is 5.41 Å². The van der Waals surface area contributed by atoms with Crippen molar-refractivity contribution in [3.05, 3.63) is 247 Å². The Labute approximate surface area is 371 Å². The average molecular weight is 820 g/mol. The number of nitrogens with zero attached hydrogens (tertiary/aromatic N) is 5. The van der Waals surface area contributed by atoms with Gasteiger partial charge in [0.15, 0.2) is 17.5 Å². The maximum atomic E-state index is 6.86. The molecule has 3 heterocycles. The van der Waals surface area contributed by atoms with Crippen LogP contribution in [0, 0.1) is 0 Å². The Morgan fingerprint density at radius 2 is 0.719 bits per heavy atom. The van der Waals surface area contributed by atoms with E-state index in [0.29, 0.717) is 17.5 Å². The lowest BCUT2D eigenvalue weighted by Crippen LogP contribution is -2.32. The molecule has 3 aliphatic rings. The molecular weight excluding hydrogens is 783 g/mol. The molecule has 1 spiro atoms. The molecule has 0 amide bonds. The van der Waals surface area contributed by atoms with Crippen molar-refractivity contribution in [1.82, 2.24) is 15.0 Å². The molecule has 64 heavy (non-hydrogen) atoms. The van der Waals surface area contributed by atoms with Gasteiger partial charge in [0.2, 0.25) is 0 Å². The lowest BCUT2D eigenvalue weighted by atomic mass is 9.66. The highest BCUT2D eigenvalue weighted by molar-refractivity contribution is 6.01. The zero-order chi connectivity index (χ0) is 42.2. The van der Waals surface area contributed by atoms with Crippen LogP contribution < -0.4 is 14.5 Å². The van der Waals surface area contributed by atoms with E-state index in [1.54, 1.807) is 0 Å². The van der Waals surface area contributed by atoms with E-state index < -0.39 is 5.41 Å². The van der Waals surface area contributed by atoms with Crippen LogP contribution in [0.2, 0.25) is 0 Å². The zero-order valence-electron chi connectivity index (χ0n) is 34.5. The van der Waals surface area contributed by atoms with Gasteiger partial charge in [-0.1, -0.05) is 152 Å². The zero-order valence-corrected chi connectivity index (χ0v) is 34.5. The normalized spacial score (nSPS) is 13.5. The molecule has 1 aromatic heterocycles. The molecule has 0 radical (unpaired) electrons. The van der Waals surface area contributed by atoms with Gasteiger partial charge in [0.1, 0.15) is 11.5 Å². The van der Waals surface area contributed by atoms with E-state index in [4.69, 9.17) is 19.7 Å². The van der Waals surface area contributed by atoms with Crippen LogP contribution in [-0.4, -0.2) is 15.0 Å². The highest BCUT2D eigenvalue weighted by atomic mass is 16.5. The van der Waals surface area contributed by atoms with Gasteiger partial charge in [-0.2, -0.15) is 0 Å². The summed E-state index contributed by atoms with van der Waals surface area (Å²) in [6.07, 6.45) is 0. The molecule has 13 rings (SSSR count). The van der Waals surface area contributed by atoms with E-state index in [9.17, 15) is 0 Å². The number of anilines is 6. The van der Waals surface area contributed by atoms with Crippen molar-refractivity contribution >= 4 is 34.1 Å². The molecular formula is C58H37N5O. The summed E-state index contributed by atoms with van der Waals surface area (Å²) in [6.45, 7) is 0. The Kier molecular flexibility index (Phi) is 8.02. The van der Waals surface area contributed by atoms with Gasteiger partial charge in [-0.05, 0) is 95.1 Å². The van der Waals surface area contributed by atoms with Gasteiger partial charge in [0.05, 0.1) is 28.2 Å². The summed E-state index contributed by atoms with van der Waals surface area (Å²) in [6, 6.07) is 78.9. The quantitative estimate of drug-likeness (QED) is 0.172. The lowest BCUT2D eigenvalue weighted by Gasteiger charge is -2.40. The van der Waals surface area contributed by atoms with Crippen molar-refractivity contribution in [3.8, 4) is 56.8 Å². The molecule has 0 saturated carbocycles. The Balaban J connectivity index is 0.932. The highest BCUT2D eigenvalue weighted by Crippen LogP contribution is 2.62. The predicted molar refractivity (Wildman–Crippen MR) is 256 cm³/mol. The second-order valence-corrected chi connectivity index (χ2v) is 16.4. The topological polar surface area (TPSA) is 54.4 Å². The Morgan fingerprint density at radius 1 is 0.312 bits per heavy atom. The summed E-state index contributed by atoms with van der Waals surface area (Å²) in [5.74, 6) is 3.38. The third kappa shape index (κ3) is 5.36. The van der Waals surface area contributed by atoms with Crippen LogP contribution in [0.4, 0.5) is 34.1 Å². The fraction of sp³-hybridized carbons (Fsp3) is 0.0172. The van der Waals surface area contributed by atoms with E-state index >= 15 is 0 Å². The molecule has 0 saturated heterocycles. The van der Waals surface area contributed by atoms with E-state index in [1.807, 2.05) is 36.4 Å². The van der Waals surface area contributed by atoms with Crippen molar-refractivity contribution in [1.29, 1.82) is 0 Å². The SMILES string of the molecule is c1ccc(-c2nc(-c3ccc(N4c5ccccc5N(c5ccccc5)c5ccccc54)cc3)nc(-c3ccc4c(c3)Oc3ccccc3C43c4ccccc4-c4ccccc43)n2)cc1.